The first kappa shape index (κ1) is 17.8. The van der Waals surface area contributed by atoms with Crippen LogP contribution in [0.5, 0.6) is 0 Å². The molecule has 0 spiro atoms. The molecule has 124 valence electrons. The predicted octanol–water partition coefficient (Wildman–Crippen LogP) is 4.12. The molecule has 0 aliphatic heterocycles. The van der Waals surface area contributed by atoms with E-state index in [1.165, 1.54) is 0 Å². The lowest BCUT2D eigenvalue weighted by Crippen LogP contribution is -2.10. The number of thioether (sulfide) groups is 1. The number of nitrogens with two attached hydrogens (primary N) is 1. The normalized spacial score (nSPS) is 11.7. The molecule has 0 aliphatic rings. The van der Waals surface area contributed by atoms with Gasteiger partial charge in [-0.3, -0.25) is 9.98 Å². The van der Waals surface area contributed by atoms with Gasteiger partial charge in [-0.25, -0.2) is 0 Å². The van der Waals surface area contributed by atoms with Gasteiger partial charge in [0.1, 0.15) is 0 Å². The Labute approximate surface area is 147 Å². The molecule has 1 heterocycles. The third kappa shape index (κ3) is 4.99. The lowest BCUT2D eigenvalue weighted by molar-refractivity contribution is 0.832. The Morgan fingerprint density at radius 3 is 2.92 bits per heavy atom. The number of allylic oxidation sites excluding steroid dienone is 1. The van der Waals surface area contributed by atoms with E-state index < -0.39 is 0 Å². The van der Waals surface area contributed by atoms with Gasteiger partial charge in [0.05, 0.1) is 5.70 Å². The van der Waals surface area contributed by atoms with Crippen molar-refractivity contribution in [1.29, 1.82) is 0 Å². The third-order valence-electron chi connectivity index (χ3n) is 3.35. The maximum atomic E-state index is 5.97. The van der Waals surface area contributed by atoms with Gasteiger partial charge in [0.15, 0.2) is 0 Å². The van der Waals surface area contributed by atoms with Gasteiger partial charge in [-0.2, -0.15) is 0 Å². The molecule has 1 aromatic heterocycles. The van der Waals surface area contributed by atoms with Crippen LogP contribution in [-0.2, 0) is 6.54 Å². The van der Waals surface area contributed by atoms with Crippen LogP contribution in [0.25, 0.3) is 5.70 Å². The summed E-state index contributed by atoms with van der Waals surface area (Å²) < 4.78 is 0. The van der Waals surface area contributed by atoms with E-state index in [9.17, 15) is 0 Å². The molecule has 3 N–H and O–H groups in total. The zero-order valence-corrected chi connectivity index (χ0v) is 14.8. The van der Waals surface area contributed by atoms with Crippen molar-refractivity contribution >= 4 is 29.4 Å². The van der Waals surface area contributed by atoms with E-state index in [2.05, 4.69) is 21.9 Å². The van der Waals surface area contributed by atoms with Crippen molar-refractivity contribution in [2.24, 2.45) is 4.99 Å². The Hall–Kier alpha value is -2.53. The average molecular weight is 338 g/mol. The number of nitrogens with one attached hydrogen (secondary N) is 1. The van der Waals surface area contributed by atoms with Crippen molar-refractivity contribution in [3.05, 3.63) is 72.2 Å². The maximum absolute atomic E-state index is 5.97. The molecule has 5 heteroatoms. The van der Waals surface area contributed by atoms with Crippen LogP contribution >= 0.6 is 11.8 Å². The summed E-state index contributed by atoms with van der Waals surface area (Å²) in [6, 6.07) is 9.87. The summed E-state index contributed by atoms with van der Waals surface area (Å²) >= 11 is 1.62. The SMILES string of the molecule is C=C(/C=C(\N=CC)c1ccc(N)c(SC)c1)NCc1cccnc1. The number of aromatic nitrogens is 1. The van der Waals surface area contributed by atoms with Crippen molar-refractivity contribution in [2.45, 2.75) is 18.4 Å². The molecule has 24 heavy (non-hydrogen) atoms. The molecule has 0 unspecified atom stereocenters. The van der Waals surface area contributed by atoms with Gasteiger partial charge in [-0.1, -0.05) is 18.7 Å². The molecule has 0 aliphatic carbocycles. The number of aliphatic imine (C=N–C) groups is 1. The minimum Gasteiger partial charge on any atom is -0.398 e. The highest BCUT2D eigenvalue weighted by molar-refractivity contribution is 7.98. The molecule has 0 saturated heterocycles. The third-order valence-corrected chi connectivity index (χ3v) is 4.14. The highest BCUT2D eigenvalue weighted by Crippen LogP contribution is 2.27. The zero-order valence-electron chi connectivity index (χ0n) is 14.0. The van der Waals surface area contributed by atoms with Gasteiger partial charge in [-0.05, 0) is 43.0 Å². The Morgan fingerprint density at radius 2 is 2.25 bits per heavy atom. The fourth-order valence-corrected chi connectivity index (χ4v) is 2.69. The zero-order chi connectivity index (χ0) is 17.4. The number of hydrogen-bond donors (Lipinski definition) is 2. The highest BCUT2D eigenvalue weighted by Gasteiger charge is 2.05. The van der Waals surface area contributed by atoms with Crippen molar-refractivity contribution in [3.63, 3.8) is 0 Å². The Bertz CT molecular complexity index is 751. The molecular formula is C19H22N4S. The monoisotopic (exact) mass is 338 g/mol. The molecule has 1 aromatic carbocycles. The van der Waals surface area contributed by atoms with Crippen molar-refractivity contribution < 1.29 is 0 Å². The van der Waals surface area contributed by atoms with Crippen LogP contribution < -0.4 is 11.1 Å². The van der Waals surface area contributed by atoms with Crippen molar-refractivity contribution in [3.8, 4) is 0 Å². The first-order valence-corrected chi connectivity index (χ1v) is 8.82. The number of anilines is 1. The summed E-state index contributed by atoms with van der Waals surface area (Å²) in [7, 11) is 0. The van der Waals surface area contributed by atoms with Crippen LogP contribution in [0.1, 0.15) is 18.1 Å². The molecule has 0 radical (unpaired) electrons. The van der Waals surface area contributed by atoms with Crippen LogP contribution in [0, 0.1) is 0 Å². The summed E-state index contributed by atoms with van der Waals surface area (Å²) in [6.07, 6.45) is 9.31. The van der Waals surface area contributed by atoms with Gasteiger partial charge < -0.3 is 11.1 Å². The topological polar surface area (TPSA) is 63.3 Å². The first-order valence-electron chi connectivity index (χ1n) is 7.60. The second-order valence-electron chi connectivity index (χ2n) is 5.11. The highest BCUT2D eigenvalue weighted by atomic mass is 32.2. The maximum Gasteiger partial charge on any atom is 0.0718 e. The molecule has 2 rings (SSSR count). The average Bonchev–Trinajstić information content (AvgIpc) is 2.61. The number of hydrogen-bond acceptors (Lipinski definition) is 5. The van der Waals surface area contributed by atoms with E-state index in [0.717, 1.165) is 33.1 Å². The largest absolute Gasteiger partial charge is 0.398 e. The predicted molar refractivity (Wildman–Crippen MR) is 105 cm³/mol. The Morgan fingerprint density at radius 1 is 1.42 bits per heavy atom. The van der Waals surface area contributed by atoms with Gasteiger partial charge in [0.2, 0.25) is 0 Å². The minimum atomic E-state index is 0.671. The second kappa shape index (κ2) is 8.93. The van der Waals surface area contributed by atoms with Crippen LogP contribution in [0.3, 0.4) is 0 Å². The molecule has 0 amide bonds. The minimum absolute atomic E-state index is 0.671. The van der Waals surface area contributed by atoms with E-state index in [0.29, 0.717) is 6.54 Å². The summed E-state index contributed by atoms with van der Waals surface area (Å²) in [4.78, 5) is 9.61. The van der Waals surface area contributed by atoms with Crippen molar-refractivity contribution in [1.82, 2.24) is 10.3 Å². The summed E-state index contributed by atoms with van der Waals surface area (Å²) in [5.41, 5.74) is 10.5. The van der Waals surface area contributed by atoms with Gasteiger partial charge >= 0.3 is 0 Å². The fourth-order valence-electron chi connectivity index (χ4n) is 2.14. The molecule has 0 atom stereocenters. The van der Waals surface area contributed by atoms with Gasteiger partial charge in [0.25, 0.3) is 0 Å². The van der Waals surface area contributed by atoms with E-state index in [-0.39, 0.29) is 0 Å². The number of nitrogen functional groups attached to an aromatic ring is 1. The number of benzene rings is 1. The fraction of sp³-hybridized carbons (Fsp3) is 0.158. The van der Waals surface area contributed by atoms with Gasteiger partial charge in [0, 0.05) is 47.0 Å². The molecule has 0 fully saturated rings. The van der Waals surface area contributed by atoms with Crippen LogP contribution in [-0.4, -0.2) is 17.5 Å². The molecule has 0 saturated carbocycles. The second-order valence-corrected chi connectivity index (χ2v) is 5.96. The summed E-state index contributed by atoms with van der Waals surface area (Å²) in [5, 5.41) is 3.28. The van der Waals surface area contributed by atoms with E-state index in [1.807, 2.05) is 55.8 Å². The number of nitrogens with zero attached hydrogens (tertiary/aromatic N) is 2. The lowest BCUT2D eigenvalue weighted by atomic mass is 10.1. The molecule has 2 aromatic rings. The van der Waals surface area contributed by atoms with E-state index >= 15 is 0 Å². The first-order chi connectivity index (χ1) is 11.6. The van der Waals surface area contributed by atoms with Gasteiger partial charge in [-0.15, -0.1) is 11.8 Å². The van der Waals surface area contributed by atoms with Crippen LogP contribution in [0.15, 0.2) is 71.0 Å². The van der Waals surface area contributed by atoms with E-state index in [4.69, 9.17) is 5.73 Å². The van der Waals surface area contributed by atoms with Crippen LogP contribution in [0.2, 0.25) is 0 Å². The standard InChI is InChI=1S/C19H22N4S/c1-4-22-18(16-7-8-17(20)19(11-16)24-3)10-14(2)23-13-15-6-5-9-21-12-15/h4-12,23H,2,13,20H2,1,3H3/b18-10-,22-4?. The molecular weight excluding hydrogens is 316 g/mol. The van der Waals surface area contributed by atoms with Crippen LogP contribution in [0.4, 0.5) is 5.69 Å². The van der Waals surface area contributed by atoms with E-state index in [1.54, 1.807) is 24.2 Å². The quantitative estimate of drug-likeness (QED) is 0.345. The number of rotatable bonds is 7. The number of pyridine rings is 1. The Balaban J connectivity index is 2.17. The van der Waals surface area contributed by atoms with Crippen molar-refractivity contribution in [2.75, 3.05) is 12.0 Å². The smallest absolute Gasteiger partial charge is 0.0718 e. The summed E-state index contributed by atoms with van der Waals surface area (Å²) in [6.45, 7) is 6.63. The molecule has 0 bridgehead atoms. The lowest BCUT2D eigenvalue weighted by Gasteiger charge is -2.10. The Kier molecular flexibility index (Phi) is 6.63. The molecule has 4 nitrogen and oxygen atoms in total. The summed E-state index contributed by atoms with van der Waals surface area (Å²) in [5.74, 6) is 0.